The number of halogens is 6. The van der Waals surface area contributed by atoms with Crippen LogP contribution in [-0.4, -0.2) is 68.0 Å². The highest BCUT2D eigenvalue weighted by Crippen LogP contribution is 2.32. The van der Waals surface area contributed by atoms with Gasteiger partial charge in [-0.05, 0) is 24.6 Å². The molecule has 0 atom stereocenters. The molecule has 2 amide bonds. The first kappa shape index (κ1) is 26.6. The van der Waals surface area contributed by atoms with Crippen LogP contribution >= 0.6 is 0 Å². The Bertz CT molecular complexity index is 1150. The summed E-state index contributed by atoms with van der Waals surface area (Å²) >= 11 is 0. The molecule has 1 aliphatic heterocycles. The van der Waals surface area contributed by atoms with Crippen molar-refractivity contribution in [3.63, 3.8) is 0 Å². The maximum atomic E-state index is 15.0. The summed E-state index contributed by atoms with van der Waals surface area (Å²) in [6.45, 7) is -0.924. The van der Waals surface area contributed by atoms with Crippen molar-refractivity contribution in [1.82, 2.24) is 9.80 Å². The van der Waals surface area contributed by atoms with Gasteiger partial charge in [-0.15, -0.1) is 5.10 Å². The smallest absolute Gasteiger partial charge is 0.422 e. The number of hydrazone groups is 1. The molecule has 36 heavy (non-hydrogen) atoms. The lowest BCUT2D eigenvalue weighted by atomic mass is 10.1. The normalized spacial score (nSPS) is 15.2. The number of nitrogens with zero attached hydrogens (tertiary/aromatic N) is 4. The average Bonchev–Trinajstić information content (AvgIpc) is 2.81. The van der Waals surface area contributed by atoms with Gasteiger partial charge in [-0.1, -0.05) is 6.07 Å². The number of carbonyl (C=O) groups excluding carboxylic acids is 2. The SMILES string of the molecule is CN1CCCN(C=O)/C1=N\N(C)c1cc(OCC(F)(F)F)c(C(=O)Nc2c(F)cccc2F)cc1F. The van der Waals surface area contributed by atoms with E-state index in [0.29, 0.717) is 32.0 Å². The van der Waals surface area contributed by atoms with Crippen molar-refractivity contribution in [2.75, 3.05) is 44.1 Å². The number of alkyl halides is 3. The van der Waals surface area contributed by atoms with Crippen LogP contribution < -0.4 is 15.1 Å². The number of rotatable bonds is 7. The quantitative estimate of drug-likeness (QED) is 0.344. The lowest BCUT2D eigenvalue weighted by Gasteiger charge is -2.34. The maximum absolute atomic E-state index is 15.0. The Morgan fingerprint density at radius 3 is 2.44 bits per heavy atom. The van der Waals surface area contributed by atoms with E-state index in [-0.39, 0.29) is 5.96 Å². The van der Waals surface area contributed by atoms with Gasteiger partial charge in [0.05, 0.1) is 11.3 Å². The summed E-state index contributed by atoms with van der Waals surface area (Å²) in [6, 6.07) is 4.10. The van der Waals surface area contributed by atoms with Crippen molar-refractivity contribution in [3.8, 4) is 5.75 Å². The maximum Gasteiger partial charge on any atom is 0.422 e. The monoisotopic (exact) mass is 517 g/mol. The van der Waals surface area contributed by atoms with Crippen molar-refractivity contribution in [1.29, 1.82) is 0 Å². The van der Waals surface area contributed by atoms with E-state index in [0.717, 1.165) is 29.3 Å². The second-order valence-electron chi connectivity index (χ2n) is 7.75. The number of carbonyl (C=O) groups is 2. The van der Waals surface area contributed by atoms with Gasteiger partial charge in [-0.2, -0.15) is 13.2 Å². The number of ether oxygens (including phenoxy) is 1. The van der Waals surface area contributed by atoms with Gasteiger partial charge in [-0.3, -0.25) is 19.5 Å². The number of amides is 2. The highest BCUT2D eigenvalue weighted by atomic mass is 19.4. The van der Waals surface area contributed by atoms with E-state index >= 15 is 4.39 Å². The Morgan fingerprint density at radius 2 is 1.83 bits per heavy atom. The lowest BCUT2D eigenvalue weighted by molar-refractivity contribution is -0.153. The van der Waals surface area contributed by atoms with Crippen LogP contribution in [0.4, 0.5) is 37.7 Å². The number of hydrogen-bond donors (Lipinski definition) is 1. The Balaban J connectivity index is 2.01. The zero-order valence-electron chi connectivity index (χ0n) is 19.1. The second kappa shape index (κ2) is 10.7. The van der Waals surface area contributed by atoms with Crippen molar-refractivity contribution >= 4 is 29.7 Å². The van der Waals surface area contributed by atoms with E-state index < -0.39 is 58.8 Å². The van der Waals surface area contributed by atoms with Crippen LogP contribution in [0.1, 0.15) is 16.8 Å². The Labute approximate surface area is 201 Å². The third kappa shape index (κ3) is 6.17. The molecule has 3 rings (SSSR count). The topological polar surface area (TPSA) is 77.5 Å². The molecule has 0 unspecified atom stereocenters. The minimum atomic E-state index is -4.80. The summed E-state index contributed by atoms with van der Waals surface area (Å²) in [5, 5.41) is 7.01. The van der Waals surface area contributed by atoms with Crippen molar-refractivity contribution in [2.45, 2.75) is 12.6 Å². The number of anilines is 2. The minimum absolute atomic E-state index is 0.160. The molecule has 1 heterocycles. The van der Waals surface area contributed by atoms with Gasteiger partial charge < -0.3 is 15.0 Å². The average molecular weight is 517 g/mol. The van der Waals surface area contributed by atoms with Gasteiger partial charge in [0.2, 0.25) is 12.4 Å². The van der Waals surface area contributed by atoms with E-state index in [2.05, 4.69) is 5.10 Å². The van der Waals surface area contributed by atoms with Gasteiger partial charge in [0.15, 0.2) is 6.61 Å². The van der Waals surface area contributed by atoms with Gasteiger partial charge in [0.25, 0.3) is 5.91 Å². The Kier molecular flexibility index (Phi) is 7.95. The van der Waals surface area contributed by atoms with E-state index in [1.54, 1.807) is 11.9 Å². The highest BCUT2D eigenvalue weighted by molar-refractivity contribution is 6.06. The highest BCUT2D eigenvalue weighted by Gasteiger charge is 2.30. The molecular formula is C22H21F6N5O3. The molecule has 194 valence electrons. The molecule has 8 nitrogen and oxygen atoms in total. The molecular weight excluding hydrogens is 496 g/mol. The van der Waals surface area contributed by atoms with E-state index in [1.165, 1.54) is 11.9 Å². The first-order chi connectivity index (χ1) is 16.9. The number of para-hydroxylation sites is 1. The summed E-state index contributed by atoms with van der Waals surface area (Å²) < 4.78 is 86.1. The molecule has 0 spiro atoms. The van der Waals surface area contributed by atoms with Crippen LogP contribution in [0.3, 0.4) is 0 Å². The minimum Gasteiger partial charge on any atom is -0.483 e. The van der Waals surface area contributed by atoms with Gasteiger partial charge in [-0.25, -0.2) is 13.2 Å². The molecule has 1 saturated heterocycles. The Morgan fingerprint density at radius 1 is 1.17 bits per heavy atom. The Hall–Kier alpha value is -3.97. The summed E-state index contributed by atoms with van der Waals surface area (Å²) in [7, 11) is 2.92. The first-order valence-corrected chi connectivity index (χ1v) is 10.4. The third-order valence-electron chi connectivity index (χ3n) is 5.09. The van der Waals surface area contributed by atoms with Gasteiger partial charge >= 0.3 is 6.18 Å². The fourth-order valence-electron chi connectivity index (χ4n) is 3.36. The van der Waals surface area contributed by atoms with E-state index in [1.807, 2.05) is 5.32 Å². The zero-order valence-corrected chi connectivity index (χ0v) is 19.1. The van der Waals surface area contributed by atoms with Crippen molar-refractivity contribution in [3.05, 3.63) is 53.3 Å². The van der Waals surface area contributed by atoms with Crippen LogP contribution in [0, 0.1) is 17.5 Å². The van der Waals surface area contributed by atoms with E-state index in [9.17, 15) is 31.5 Å². The molecule has 0 radical (unpaired) electrons. The fourth-order valence-corrected chi connectivity index (χ4v) is 3.36. The summed E-state index contributed by atoms with van der Waals surface area (Å²) in [5.41, 5.74) is -2.00. The molecule has 1 fully saturated rings. The van der Waals surface area contributed by atoms with Crippen LogP contribution in [0.2, 0.25) is 0 Å². The molecule has 14 heteroatoms. The predicted octanol–water partition coefficient (Wildman–Crippen LogP) is 3.80. The number of hydrogen-bond acceptors (Lipinski definition) is 5. The molecule has 1 N–H and O–H groups in total. The standard InChI is InChI=1S/C22H21F6N5O3/c1-31-7-4-8-33(12-34)21(31)30-32(2)17-10-18(36-11-22(26,27)28)13(9-16(17)25)20(35)29-19-14(23)5-3-6-15(19)24/h3,5-6,9-10,12H,4,7-8,11H2,1-2H3,(H,29,35)/b30-21-. The third-order valence-corrected chi connectivity index (χ3v) is 5.09. The van der Waals surface area contributed by atoms with Crippen LogP contribution in [0.15, 0.2) is 35.4 Å². The van der Waals surface area contributed by atoms with Gasteiger partial charge in [0.1, 0.15) is 28.9 Å². The summed E-state index contributed by atoms with van der Waals surface area (Å²) in [5.74, 6) is -5.26. The molecule has 0 aromatic heterocycles. The van der Waals surface area contributed by atoms with Crippen LogP contribution in [0.5, 0.6) is 5.75 Å². The number of guanidine groups is 1. The molecule has 0 bridgehead atoms. The van der Waals surface area contributed by atoms with Gasteiger partial charge in [0, 0.05) is 33.3 Å². The molecule has 0 aliphatic carbocycles. The number of benzene rings is 2. The first-order valence-electron chi connectivity index (χ1n) is 10.4. The number of nitrogens with one attached hydrogen (secondary N) is 1. The van der Waals surface area contributed by atoms with Crippen LogP contribution in [-0.2, 0) is 4.79 Å². The fraction of sp³-hybridized carbons (Fsp3) is 0.318. The molecule has 0 saturated carbocycles. The summed E-state index contributed by atoms with van der Waals surface area (Å²) in [4.78, 5) is 26.9. The van der Waals surface area contributed by atoms with E-state index in [4.69, 9.17) is 4.74 Å². The van der Waals surface area contributed by atoms with Crippen molar-refractivity contribution in [2.24, 2.45) is 5.10 Å². The molecule has 1 aliphatic rings. The molecule has 2 aromatic rings. The van der Waals surface area contributed by atoms with Crippen LogP contribution in [0.25, 0.3) is 0 Å². The lowest BCUT2D eigenvalue weighted by Crippen LogP contribution is -2.48. The summed E-state index contributed by atoms with van der Waals surface area (Å²) in [6.07, 6.45) is -3.61. The zero-order chi connectivity index (χ0) is 26.6. The van der Waals surface area contributed by atoms with Crippen molar-refractivity contribution < 1.29 is 40.7 Å². The molecule has 2 aromatic carbocycles. The predicted molar refractivity (Wildman–Crippen MR) is 118 cm³/mol. The largest absolute Gasteiger partial charge is 0.483 e. The second-order valence-corrected chi connectivity index (χ2v) is 7.75.